The molecular formula is C13H16N2O2. The van der Waals surface area contributed by atoms with Crippen LogP contribution in [-0.4, -0.2) is 22.0 Å². The number of aryl methyl sites for hydroxylation is 2. The van der Waals surface area contributed by atoms with E-state index in [2.05, 4.69) is 5.10 Å². The number of aliphatic hydroxyl groups is 1. The van der Waals surface area contributed by atoms with Gasteiger partial charge in [0.2, 0.25) is 0 Å². The van der Waals surface area contributed by atoms with Gasteiger partial charge in [-0.3, -0.25) is 4.68 Å². The zero-order chi connectivity index (χ0) is 12.4. The molecule has 17 heavy (non-hydrogen) atoms. The Hall–Kier alpha value is -1.81. The normalized spacial score (nSPS) is 10.6. The van der Waals surface area contributed by atoms with Gasteiger partial charge in [-0.1, -0.05) is 6.07 Å². The summed E-state index contributed by atoms with van der Waals surface area (Å²) in [5.41, 5.74) is 3.67. The monoisotopic (exact) mass is 232 g/mol. The van der Waals surface area contributed by atoms with Crippen molar-refractivity contribution in [3.05, 3.63) is 35.5 Å². The molecule has 0 aliphatic carbocycles. The second-order valence-electron chi connectivity index (χ2n) is 4.01. The van der Waals surface area contributed by atoms with Gasteiger partial charge in [0.1, 0.15) is 5.75 Å². The third-order valence-electron chi connectivity index (χ3n) is 2.77. The molecule has 0 unspecified atom stereocenters. The Bertz CT molecular complexity index is 532. The van der Waals surface area contributed by atoms with E-state index in [4.69, 9.17) is 9.84 Å². The standard InChI is InChI=1S/C13H16N2O2/c1-9-4-5-11(13(6-9)17-3)12-7-10(8-16)15(2)14-12/h4-7,16H,8H2,1-3H3. The SMILES string of the molecule is COc1cc(C)ccc1-c1cc(CO)n(C)n1. The number of hydrogen-bond donors (Lipinski definition) is 1. The van der Waals surface area contributed by atoms with Gasteiger partial charge in [-0.2, -0.15) is 5.10 Å². The topological polar surface area (TPSA) is 47.3 Å². The molecular weight excluding hydrogens is 216 g/mol. The summed E-state index contributed by atoms with van der Waals surface area (Å²) in [5, 5.41) is 13.5. The third-order valence-corrected chi connectivity index (χ3v) is 2.77. The number of methoxy groups -OCH3 is 1. The van der Waals surface area contributed by atoms with E-state index in [0.717, 1.165) is 28.3 Å². The van der Waals surface area contributed by atoms with Crippen LogP contribution in [0, 0.1) is 6.92 Å². The molecule has 0 atom stereocenters. The Morgan fingerprint density at radius 2 is 2.12 bits per heavy atom. The average Bonchev–Trinajstić information content (AvgIpc) is 2.70. The Morgan fingerprint density at radius 1 is 1.35 bits per heavy atom. The minimum atomic E-state index is -0.0162. The largest absolute Gasteiger partial charge is 0.496 e. The molecule has 4 heteroatoms. The molecule has 2 aromatic rings. The van der Waals surface area contributed by atoms with Crippen LogP contribution in [0.2, 0.25) is 0 Å². The molecule has 0 saturated carbocycles. The van der Waals surface area contributed by atoms with Crippen LogP contribution in [-0.2, 0) is 13.7 Å². The van der Waals surface area contributed by atoms with E-state index in [1.807, 2.05) is 38.2 Å². The second kappa shape index (κ2) is 4.59. The maximum atomic E-state index is 9.16. The molecule has 1 aromatic heterocycles. The number of rotatable bonds is 3. The summed E-state index contributed by atoms with van der Waals surface area (Å²) in [6.07, 6.45) is 0. The van der Waals surface area contributed by atoms with Crippen LogP contribution in [0.15, 0.2) is 24.3 Å². The number of hydrogen-bond acceptors (Lipinski definition) is 3. The molecule has 4 nitrogen and oxygen atoms in total. The zero-order valence-corrected chi connectivity index (χ0v) is 10.3. The first-order valence-electron chi connectivity index (χ1n) is 5.44. The van der Waals surface area contributed by atoms with Crippen LogP contribution in [0.25, 0.3) is 11.3 Å². The fraction of sp³-hybridized carbons (Fsp3) is 0.308. The van der Waals surface area contributed by atoms with Crippen molar-refractivity contribution in [1.82, 2.24) is 9.78 Å². The maximum absolute atomic E-state index is 9.16. The van der Waals surface area contributed by atoms with Gasteiger partial charge in [0.25, 0.3) is 0 Å². The van der Waals surface area contributed by atoms with Crippen LogP contribution < -0.4 is 4.74 Å². The highest BCUT2D eigenvalue weighted by Crippen LogP contribution is 2.30. The molecule has 0 aliphatic heterocycles. The van der Waals surface area contributed by atoms with E-state index >= 15 is 0 Å². The molecule has 0 saturated heterocycles. The van der Waals surface area contributed by atoms with Gasteiger partial charge in [-0.15, -0.1) is 0 Å². The van der Waals surface area contributed by atoms with E-state index < -0.39 is 0 Å². The van der Waals surface area contributed by atoms with E-state index in [1.54, 1.807) is 11.8 Å². The predicted octanol–water partition coefficient (Wildman–Crippen LogP) is 1.90. The molecule has 0 aliphatic rings. The van der Waals surface area contributed by atoms with Crippen LogP contribution in [0.1, 0.15) is 11.3 Å². The Balaban J connectivity index is 2.51. The first kappa shape index (κ1) is 11.7. The summed E-state index contributed by atoms with van der Waals surface area (Å²) in [6, 6.07) is 7.85. The highest BCUT2D eigenvalue weighted by molar-refractivity contribution is 5.68. The van der Waals surface area contributed by atoms with Crippen molar-refractivity contribution in [2.24, 2.45) is 7.05 Å². The minimum Gasteiger partial charge on any atom is -0.496 e. The van der Waals surface area contributed by atoms with Gasteiger partial charge in [0, 0.05) is 12.6 Å². The highest BCUT2D eigenvalue weighted by Gasteiger charge is 2.11. The smallest absolute Gasteiger partial charge is 0.128 e. The molecule has 90 valence electrons. The number of ether oxygens (including phenoxy) is 1. The number of aromatic nitrogens is 2. The molecule has 1 aromatic carbocycles. The van der Waals surface area contributed by atoms with Gasteiger partial charge in [-0.25, -0.2) is 0 Å². The van der Waals surface area contributed by atoms with Gasteiger partial charge >= 0.3 is 0 Å². The molecule has 2 rings (SSSR count). The first-order valence-corrected chi connectivity index (χ1v) is 5.44. The van der Waals surface area contributed by atoms with Crippen LogP contribution in [0.4, 0.5) is 0 Å². The van der Waals surface area contributed by atoms with Crippen molar-refractivity contribution < 1.29 is 9.84 Å². The molecule has 0 radical (unpaired) electrons. The Labute approximate surface area is 100 Å². The lowest BCUT2D eigenvalue weighted by molar-refractivity contribution is 0.270. The zero-order valence-electron chi connectivity index (χ0n) is 10.3. The fourth-order valence-corrected chi connectivity index (χ4v) is 1.80. The lowest BCUT2D eigenvalue weighted by atomic mass is 10.1. The molecule has 0 fully saturated rings. The highest BCUT2D eigenvalue weighted by atomic mass is 16.5. The second-order valence-corrected chi connectivity index (χ2v) is 4.01. The van der Waals surface area contributed by atoms with Gasteiger partial charge < -0.3 is 9.84 Å². The van der Waals surface area contributed by atoms with Crippen molar-refractivity contribution in [3.63, 3.8) is 0 Å². The summed E-state index contributed by atoms with van der Waals surface area (Å²) in [4.78, 5) is 0. The van der Waals surface area contributed by atoms with Gasteiger partial charge in [0.05, 0.1) is 25.1 Å². The van der Waals surface area contributed by atoms with Crippen molar-refractivity contribution in [2.75, 3.05) is 7.11 Å². The number of nitrogens with zero attached hydrogens (tertiary/aromatic N) is 2. The van der Waals surface area contributed by atoms with Crippen molar-refractivity contribution >= 4 is 0 Å². The van der Waals surface area contributed by atoms with E-state index in [9.17, 15) is 0 Å². The fourth-order valence-electron chi connectivity index (χ4n) is 1.80. The summed E-state index contributed by atoms with van der Waals surface area (Å²) >= 11 is 0. The molecule has 1 N–H and O–H groups in total. The van der Waals surface area contributed by atoms with Crippen molar-refractivity contribution in [2.45, 2.75) is 13.5 Å². The maximum Gasteiger partial charge on any atom is 0.128 e. The summed E-state index contributed by atoms with van der Waals surface area (Å²) < 4.78 is 7.03. The Morgan fingerprint density at radius 3 is 2.71 bits per heavy atom. The van der Waals surface area contributed by atoms with Crippen LogP contribution in [0.5, 0.6) is 5.75 Å². The van der Waals surface area contributed by atoms with E-state index in [-0.39, 0.29) is 6.61 Å². The minimum absolute atomic E-state index is 0.0162. The lowest BCUT2D eigenvalue weighted by Crippen LogP contribution is -1.97. The van der Waals surface area contributed by atoms with Crippen molar-refractivity contribution in [1.29, 1.82) is 0 Å². The van der Waals surface area contributed by atoms with Gasteiger partial charge in [-0.05, 0) is 30.7 Å². The number of aliphatic hydroxyl groups excluding tert-OH is 1. The molecule has 0 amide bonds. The lowest BCUT2D eigenvalue weighted by Gasteiger charge is -2.06. The van der Waals surface area contributed by atoms with Crippen LogP contribution >= 0.6 is 0 Å². The van der Waals surface area contributed by atoms with Gasteiger partial charge in [0.15, 0.2) is 0 Å². The molecule has 0 bridgehead atoms. The van der Waals surface area contributed by atoms with E-state index in [1.165, 1.54) is 0 Å². The van der Waals surface area contributed by atoms with Crippen LogP contribution in [0.3, 0.4) is 0 Å². The quantitative estimate of drug-likeness (QED) is 0.879. The summed E-state index contributed by atoms with van der Waals surface area (Å²) in [5.74, 6) is 0.799. The summed E-state index contributed by atoms with van der Waals surface area (Å²) in [6.45, 7) is 2.00. The third kappa shape index (κ3) is 2.17. The van der Waals surface area contributed by atoms with E-state index in [0.29, 0.717) is 0 Å². The molecule has 0 spiro atoms. The van der Waals surface area contributed by atoms with Crippen molar-refractivity contribution in [3.8, 4) is 17.0 Å². The summed E-state index contributed by atoms with van der Waals surface area (Å²) in [7, 11) is 3.46. The predicted molar refractivity (Wildman–Crippen MR) is 65.9 cm³/mol. The first-order chi connectivity index (χ1) is 8.15. The Kier molecular flexibility index (Phi) is 3.15. The molecule has 1 heterocycles. The average molecular weight is 232 g/mol. The number of benzene rings is 1.